The zero-order chi connectivity index (χ0) is 11.1. The minimum absolute atomic E-state index is 0.553. The summed E-state index contributed by atoms with van der Waals surface area (Å²) in [6.07, 6.45) is 2.51. The number of ether oxygens (including phenoxy) is 2. The molecule has 1 fully saturated rings. The molecule has 0 unspecified atom stereocenters. The lowest BCUT2D eigenvalue weighted by Gasteiger charge is -2.11. The molecular formula is C13H19NO2. The van der Waals surface area contributed by atoms with E-state index in [1.165, 1.54) is 12.8 Å². The fourth-order valence-electron chi connectivity index (χ4n) is 1.86. The van der Waals surface area contributed by atoms with Crippen LogP contribution < -0.4 is 10.1 Å². The lowest BCUT2D eigenvalue weighted by molar-refractivity contribution is 0.0870. The molecule has 88 valence electrons. The minimum Gasteiger partial charge on any atom is -0.491 e. The van der Waals surface area contributed by atoms with Crippen molar-refractivity contribution in [1.82, 2.24) is 5.32 Å². The molecule has 16 heavy (non-hydrogen) atoms. The van der Waals surface area contributed by atoms with Crippen molar-refractivity contribution < 1.29 is 9.47 Å². The molecule has 0 spiro atoms. The van der Waals surface area contributed by atoms with Gasteiger partial charge in [0.2, 0.25) is 0 Å². The number of benzene rings is 1. The molecule has 0 bridgehead atoms. The Kier molecular flexibility index (Phi) is 4.65. The Labute approximate surface area is 96.8 Å². The molecule has 1 atom stereocenters. The summed E-state index contributed by atoms with van der Waals surface area (Å²) >= 11 is 0. The summed E-state index contributed by atoms with van der Waals surface area (Å²) in [7, 11) is 0. The van der Waals surface area contributed by atoms with Crippen LogP contribution in [0.4, 0.5) is 0 Å². The van der Waals surface area contributed by atoms with Gasteiger partial charge in [-0.05, 0) is 31.5 Å². The van der Waals surface area contributed by atoms with E-state index in [-0.39, 0.29) is 0 Å². The van der Waals surface area contributed by atoms with Crippen LogP contribution in [0.5, 0.6) is 5.75 Å². The molecule has 0 saturated carbocycles. The molecular weight excluding hydrogens is 202 g/mol. The van der Waals surface area contributed by atoms with E-state index >= 15 is 0 Å². The molecule has 3 nitrogen and oxygen atoms in total. The van der Waals surface area contributed by atoms with Crippen molar-refractivity contribution in [3.8, 4) is 5.75 Å². The van der Waals surface area contributed by atoms with Gasteiger partial charge in [0.05, 0.1) is 13.2 Å². The summed E-state index contributed by atoms with van der Waals surface area (Å²) in [5, 5.41) is 3.40. The van der Waals surface area contributed by atoms with Gasteiger partial charge in [0.25, 0.3) is 0 Å². The second-order valence-corrected chi connectivity index (χ2v) is 4.03. The summed E-state index contributed by atoms with van der Waals surface area (Å²) in [4.78, 5) is 0. The van der Waals surface area contributed by atoms with Crippen molar-refractivity contribution >= 4 is 0 Å². The van der Waals surface area contributed by atoms with Gasteiger partial charge in [-0.25, -0.2) is 0 Å². The van der Waals surface area contributed by atoms with E-state index in [0.29, 0.717) is 19.3 Å². The summed E-state index contributed by atoms with van der Waals surface area (Å²) in [5.41, 5.74) is 0. The van der Waals surface area contributed by atoms with Crippen LogP contribution in [-0.4, -0.2) is 32.4 Å². The summed E-state index contributed by atoms with van der Waals surface area (Å²) in [6.45, 7) is 3.22. The number of rotatable bonds is 6. The maximum Gasteiger partial charge on any atom is 0.119 e. The van der Waals surface area contributed by atoms with Gasteiger partial charge in [0, 0.05) is 6.04 Å². The third-order valence-electron chi connectivity index (χ3n) is 2.72. The Bertz CT molecular complexity index is 283. The van der Waals surface area contributed by atoms with Crippen LogP contribution in [-0.2, 0) is 4.74 Å². The van der Waals surface area contributed by atoms with Crippen LogP contribution in [0.3, 0.4) is 0 Å². The van der Waals surface area contributed by atoms with Gasteiger partial charge in [-0.15, -0.1) is 0 Å². The molecule has 1 heterocycles. The lowest BCUT2D eigenvalue weighted by Crippen LogP contribution is -2.27. The molecule has 0 aromatic heterocycles. The third-order valence-corrected chi connectivity index (χ3v) is 2.72. The maximum atomic E-state index is 5.55. The predicted octanol–water partition coefficient (Wildman–Crippen LogP) is 1.83. The summed E-state index contributed by atoms with van der Waals surface area (Å²) in [6, 6.07) is 10.4. The van der Waals surface area contributed by atoms with Gasteiger partial charge in [-0.2, -0.15) is 0 Å². The van der Waals surface area contributed by atoms with Gasteiger partial charge in [0.1, 0.15) is 12.4 Å². The number of para-hydroxylation sites is 1. The van der Waals surface area contributed by atoms with Crippen molar-refractivity contribution in [3.63, 3.8) is 0 Å². The lowest BCUT2D eigenvalue weighted by atomic mass is 10.2. The predicted molar refractivity (Wildman–Crippen MR) is 63.8 cm³/mol. The van der Waals surface area contributed by atoms with Gasteiger partial charge in [-0.3, -0.25) is 0 Å². The highest BCUT2D eigenvalue weighted by molar-refractivity contribution is 5.20. The molecule has 1 saturated heterocycles. The second-order valence-electron chi connectivity index (χ2n) is 4.03. The topological polar surface area (TPSA) is 30.5 Å². The molecule has 0 amide bonds. The van der Waals surface area contributed by atoms with Crippen LogP contribution in [0.15, 0.2) is 30.3 Å². The SMILES string of the molecule is c1ccc(OCCOC[C@H]2CCCN2)cc1. The molecule has 1 aliphatic heterocycles. The third kappa shape index (κ3) is 3.83. The van der Waals surface area contributed by atoms with E-state index in [9.17, 15) is 0 Å². The van der Waals surface area contributed by atoms with Crippen LogP contribution in [0.1, 0.15) is 12.8 Å². The summed E-state index contributed by atoms with van der Waals surface area (Å²) < 4.78 is 11.1. The summed E-state index contributed by atoms with van der Waals surface area (Å²) in [5.74, 6) is 0.907. The fourth-order valence-corrected chi connectivity index (χ4v) is 1.86. The molecule has 3 heteroatoms. The van der Waals surface area contributed by atoms with Gasteiger partial charge in [-0.1, -0.05) is 18.2 Å². The highest BCUT2D eigenvalue weighted by Crippen LogP contribution is 2.08. The standard InChI is InChI=1S/C13H19NO2/c1-2-6-13(7-3-1)16-10-9-15-11-12-5-4-8-14-12/h1-3,6-7,12,14H,4-5,8-11H2/t12-/m1/s1. The first-order valence-corrected chi connectivity index (χ1v) is 5.94. The Hall–Kier alpha value is -1.06. The largest absolute Gasteiger partial charge is 0.491 e. The zero-order valence-corrected chi connectivity index (χ0v) is 9.52. The second kappa shape index (κ2) is 6.51. The van der Waals surface area contributed by atoms with E-state index in [0.717, 1.165) is 18.9 Å². The normalized spacial score (nSPS) is 19.9. The van der Waals surface area contributed by atoms with Gasteiger partial charge in [0.15, 0.2) is 0 Å². The van der Waals surface area contributed by atoms with E-state index in [2.05, 4.69) is 5.32 Å². The van der Waals surface area contributed by atoms with Crippen molar-refractivity contribution in [3.05, 3.63) is 30.3 Å². The van der Waals surface area contributed by atoms with Crippen LogP contribution in [0.25, 0.3) is 0 Å². The van der Waals surface area contributed by atoms with Gasteiger partial charge >= 0.3 is 0 Å². The van der Waals surface area contributed by atoms with Crippen LogP contribution >= 0.6 is 0 Å². The number of nitrogens with one attached hydrogen (secondary N) is 1. The highest BCUT2D eigenvalue weighted by Gasteiger charge is 2.13. The number of hydrogen-bond acceptors (Lipinski definition) is 3. The molecule has 1 aliphatic rings. The Morgan fingerprint density at radius 1 is 1.19 bits per heavy atom. The molecule has 1 aromatic rings. The maximum absolute atomic E-state index is 5.55. The zero-order valence-electron chi connectivity index (χ0n) is 9.52. The highest BCUT2D eigenvalue weighted by atomic mass is 16.5. The van der Waals surface area contributed by atoms with Crippen molar-refractivity contribution in [2.75, 3.05) is 26.4 Å². The molecule has 0 aliphatic carbocycles. The first kappa shape index (κ1) is 11.4. The first-order chi connectivity index (χ1) is 7.95. The Morgan fingerprint density at radius 2 is 2.06 bits per heavy atom. The average molecular weight is 221 g/mol. The minimum atomic E-state index is 0.553. The van der Waals surface area contributed by atoms with Crippen molar-refractivity contribution in [2.24, 2.45) is 0 Å². The van der Waals surface area contributed by atoms with Crippen LogP contribution in [0.2, 0.25) is 0 Å². The van der Waals surface area contributed by atoms with Crippen molar-refractivity contribution in [2.45, 2.75) is 18.9 Å². The number of hydrogen-bond donors (Lipinski definition) is 1. The van der Waals surface area contributed by atoms with E-state index in [1.54, 1.807) is 0 Å². The van der Waals surface area contributed by atoms with E-state index in [1.807, 2.05) is 30.3 Å². The molecule has 1 N–H and O–H groups in total. The molecule has 1 aromatic carbocycles. The van der Waals surface area contributed by atoms with Gasteiger partial charge < -0.3 is 14.8 Å². The molecule has 0 radical (unpaired) electrons. The quantitative estimate of drug-likeness (QED) is 0.743. The fraction of sp³-hybridized carbons (Fsp3) is 0.538. The average Bonchev–Trinajstić information content (AvgIpc) is 2.83. The molecule has 2 rings (SSSR count). The Morgan fingerprint density at radius 3 is 2.81 bits per heavy atom. The monoisotopic (exact) mass is 221 g/mol. The van der Waals surface area contributed by atoms with Crippen LogP contribution in [0, 0.1) is 0 Å². The first-order valence-electron chi connectivity index (χ1n) is 5.94. The van der Waals surface area contributed by atoms with Crippen molar-refractivity contribution in [1.29, 1.82) is 0 Å². The van der Waals surface area contributed by atoms with E-state index < -0.39 is 0 Å². The Balaban J connectivity index is 1.52. The van der Waals surface area contributed by atoms with E-state index in [4.69, 9.17) is 9.47 Å². The smallest absolute Gasteiger partial charge is 0.119 e.